The van der Waals surface area contributed by atoms with Gasteiger partial charge in [-0.2, -0.15) is 0 Å². The number of nitrogens with one attached hydrogen (secondary N) is 1. The third-order valence-electron chi connectivity index (χ3n) is 2.80. The molecule has 1 aromatic heterocycles. The van der Waals surface area contributed by atoms with Crippen LogP contribution in [0.4, 0.5) is 18.9 Å². The van der Waals surface area contributed by atoms with Crippen LogP contribution in [0.2, 0.25) is 0 Å². The number of carbonyl (C=O) groups is 2. The van der Waals surface area contributed by atoms with Crippen LogP contribution in [-0.2, 0) is 19.6 Å². The Labute approximate surface area is 154 Å². The summed E-state index contributed by atoms with van der Waals surface area (Å²) in [6.07, 6.45) is -4.83. The predicted octanol–water partition coefficient (Wildman–Crippen LogP) is 2.09. The van der Waals surface area contributed by atoms with Crippen LogP contribution in [0.25, 0.3) is 0 Å². The lowest BCUT2D eigenvalue weighted by Gasteiger charge is -2.10. The number of sulfonamides is 1. The molecule has 0 aliphatic heterocycles. The number of halogens is 3. The van der Waals surface area contributed by atoms with Gasteiger partial charge in [-0.1, -0.05) is 0 Å². The van der Waals surface area contributed by atoms with Crippen molar-refractivity contribution in [3.8, 4) is 5.75 Å². The second-order valence-electron chi connectivity index (χ2n) is 4.90. The van der Waals surface area contributed by atoms with Crippen molar-refractivity contribution in [1.29, 1.82) is 0 Å². The molecule has 3 N–H and O–H groups in total. The zero-order chi connectivity index (χ0) is 20.2. The molecule has 0 atom stereocenters. The normalized spacial score (nSPS) is 11.7. The lowest BCUT2D eigenvalue weighted by molar-refractivity contribution is -0.274. The number of esters is 1. The highest BCUT2D eigenvalue weighted by Gasteiger charge is 2.31. The molecule has 2 aromatic rings. The van der Waals surface area contributed by atoms with E-state index in [-0.39, 0.29) is 15.5 Å². The van der Waals surface area contributed by atoms with Crippen molar-refractivity contribution in [1.82, 2.24) is 0 Å². The molecule has 1 amide bonds. The van der Waals surface area contributed by atoms with E-state index in [0.29, 0.717) is 0 Å². The molecule has 27 heavy (non-hydrogen) atoms. The molecule has 146 valence electrons. The summed E-state index contributed by atoms with van der Waals surface area (Å²) in [5, 5.41) is 8.43. The fraction of sp³-hybridized carbons (Fsp3) is 0.143. The first-order valence-corrected chi connectivity index (χ1v) is 9.31. The lowest BCUT2D eigenvalue weighted by Crippen LogP contribution is -2.21. The van der Waals surface area contributed by atoms with E-state index in [4.69, 9.17) is 9.88 Å². The molecule has 0 aliphatic rings. The molecule has 8 nitrogen and oxygen atoms in total. The molecule has 0 bridgehead atoms. The van der Waals surface area contributed by atoms with Gasteiger partial charge in [-0.25, -0.2) is 18.4 Å². The van der Waals surface area contributed by atoms with E-state index in [1.165, 1.54) is 5.38 Å². The number of benzene rings is 1. The first-order valence-electron chi connectivity index (χ1n) is 6.88. The summed E-state index contributed by atoms with van der Waals surface area (Å²) >= 11 is 0.721. The predicted molar refractivity (Wildman–Crippen MR) is 87.7 cm³/mol. The standard InChI is InChI=1S/C14H11F3N2O6S2/c15-14(16,17)25-10-3-1-9(2-4-10)19-11(20)6-24-13(21)8-5-12(26-7-8)27(18,22)23/h1-5,7H,6H2,(H,19,20)(H2,18,22,23). The number of primary sulfonamides is 1. The second-order valence-corrected chi connectivity index (χ2v) is 7.60. The fourth-order valence-corrected chi connectivity index (χ4v) is 3.30. The number of nitrogens with two attached hydrogens (primary N) is 1. The van der Waals surface area contributed by atoms with E-state index >= 15 is 0 Å². The molecule has 0 aliphatic carbocycles. The number of thiophene rings is 1. The van der Waals surface area contributed by atoms with Crippen molar-refractivity contribution in [2.45, 2.75) is 10.6 Å². The summed E-state index contributed by atoms with van der Waals surface area (Å²) < 4.78 is 66.6. The van der Waals surface area contributed by atoms with Crippen LogP contribution in [0.15, 0.2) is 39.9 Å². The van der Waals surface area contributed by atoms with Gasteiger partial charge in [-0.05, 0) is 30.3 Å². The SMILES string of the molecule is NS(=O)(=O)c1cc(C(=O)OCC(=O)Nc2ccc(OC(F)(F)F)cc2)cs1. The van der Waals surface area contributed by atoms with Crippen LogP contribution in [0.1, 0.15) is 10.4 Å². The molecule has 0 radical (unpaired) electrons. The molecule has 1 heterocycles. The Morgan fingerprint density at radius 3 is 2.33 bits per heavy atom. The van der Waals surface area contributed by atoms with Gasteiger partial charge in [0.25, 0.3) is 5.91 Å². The second kappa shape index (κ2) is 7.94. The summed E-state index contributed by atoms with van der Waals surface area (Å²) in [4.78, 5) is 23.5. The molecule has 13 heteroatoms. The molecule has 0 unspecified atom stereocenters. The summed E-state index contributed by atoms with van der Waals surface area (Å²) in [5.41, 5.74) is 0.0584. The maximum atomic E-state index is 12.1. The Hall–Kier alpha value is -2.64. The van der Waals surface area contributed by atoms with Gasteiger partial charge in [0.05, 0.1) is 5.56 Å². The van der Waals surface area contributed by atoms with Gasteiger partial charge in [0.1, 0.15) is 9.96 Å². The molecule has 0 saturated carbocycles. The monoisotopic (exact) mass is 424 g/mol. The average Bonchev–Trinajstić information content (AvgIpc) is 3.03. The van der Waals surface area contributed by atoms with Crippen LogP contribution < -0.4 is 15.2 Å². The van der Waals surface area contributed by atoms with Crippen molar-refractivity contribution in [2.24, 2.45) is 5.14 Å². The molecule has 0 saturated heterocycles. The minimum atomic E-state index is -4.83. The zero-order valence-electron chi connectivity index (χ0n) is 13.1. The van der Waals surface area contributed by atoms with E-state index in [1.807, 2.05) is 0 Å². The number of amides is 1. The number of ether oxygens (including phenoxy) is 2. The minimum absolute atomic E-state index is 0.0922. The average molecular weight is 424 g/mol. The lowest BCUT2D eigenvalue weighted by atomic mass is 10.3. The van der Waals surface area contributed by atoms with Crippen LogP contribution >= 0.6 is 11.3 Å². The molecule has 0 spiro atoms. The van der Waals surface area contributed by atoms with Gasteiger partial charge in [0.2, 0.25) is 10.0 Å². The van der Waals surface area contributed by atoms with E-state index < -0.39 is 40.6 Å². The quantitative estimate of drug-likeness (QED) is 0.684. The van der Waals surface area contributed by atoms with Crippen molar-refractivity contribution >= 4 is 38.9 Å². The van der Waals surface area contributed by atoms with Crippen molar-refractivity contribution in [2.75, 3.05) is 11.9 Å². The van der Waals surface area contributed by atoms with Gasteiger partial charge in [0, 0.05) is 11.1 Å². The number of hydrogen-bond acceptors (Lipinski definition) is 7. The maximum absolute atomic E-state index is 12.1. The van der Waals surface area contributed by atoms with Crippen LogP contribution in [-0.4, -0.2) is 33.3 Å². The summed E-state index contributed by atoms with van der Waals surface area (Å²) in [5.74, 6) is -2.16. The summed E-state index contributed by atoms with van der Waals surface area (Å²) in [6, 6.07) is 5.33. The Kier molecular flexibility index (Phi) is 6.08. The van der Waals surface area contributed by atoms with Gasteiger partial charge >= 0.3 is 12.3 Å². The van der Waals surface area contributed by atoms with Crippen molar-refractivity contribution in [3.05, 3.63) is 41.3 Å². The van der Waals surface area contributed by atoms with E-state index in [0.717, 1.165) is 41.7 Å². The molecular formula is C14H11F3N2O6S2. The third-order valence-corrected chi connectivity index (χ3v) is 5.18. The Bertz CT molecular complexity index is 939. The Morgan fingerprint density at radius 1 is 1.19 bits per heavy atom. The number of alkyl halides is 3. The first-order chi connectivity index (χ1) is 12.4. The highest BCUT2D eigenvalue weighted by atomic mass is 32.2. The van der Waals surface area contributed by atoms with Crippen molar-refractivity contribution in [3.63, 3.8) is 0 Å². The first kappa shape index (κ1) is 20.7. The van der Waals surface area contributed by atoms with Gasteiger partial charge in [-0.3, -0.25) is 4.79 Å². The minimum Gasteiger partial charge on any atom is -0.452 e. The van der Waals surface area contributed by atoms with E-state index in [9.17, 15) is 31.2 Å². The van der Waals surface area contributed by atoms with E-state index in [1.54, 1.807) is 0 Å². The summed E-state index contributed by atoms with van der Waals surface area (Å²) in [6.45, 7) is -0.694. The Morgan fingerprint density at radius 2 is 1.81 bits per heavy atom. The number of carbonyl (C=O) groups excluding carboxylic acids is 2. The maximum Gasteiger partial charge on any atom is 0.573 e. The molecular weight excluding hydrogens is 413 g/mol. The smallest absolute Gasteiger partial charge is 0.452 e. The highest BCUT2D eigenvalue weighted by Crippen LogP contribution is 2.24. The number of rotatable bonds is 6. The van der Waals surface area contributed by atoms with Gasteiger partial charge < -0.3 is 14.8 Å². The van der Waals surface area contributed by atoms with Crippen LogP contribution in [0.3, 0.4) is 0 Å². The summed E-state index contributed by atoms with van der Waals surface area (Å²) in [7, 11) is -3.95. The number of anilines is 1. The molecule has 1 aromatic carbocycles. The van der Waals surface area contributed by atoms with Gasteiger partial charge in [0.15, 0.2) is 6.61 Å². The van der Waals surface area contributed by atoms with Gasteiger partial charge in [-0.15, -0.1) is 24.5 Å². The molecule has 0 fully saturated rings. The fourth-order valence-electron chi connectivity index (χ4n) is 1.72. The topological polar surface area (TPSA) is 125 Å². The number of hydrogen-bond donors (Lipinski definition) is 2. The third kappa shape index (κ3) is 6.54. The van der Waals surface area contributed by atoms with Crippen LogP contribution in [0, 0.1) is 0 Å². The molecule has 2 rings (SSSR count). The van der Waals surface area contributed by atoms with Crippen LogP contribution in [0.5, 0.6) is 5.75 Å². The Balaban J connectivity index is 1.87. The highest BCUT2D eigenvalue weighted by molar-refractivity contribution is 7.91. The zero-order valence-corrected chi connectivity index (χ0v) is 14.8. The van der Waals surface area contributed by atoms with Crippen molar-refractivity contribution < 1.29 is 40.7 Å². The largest absolute Gasteiger partial charge is 0.573 e. The van der Waals surface area contributed by atoms with E-state index in [2.05, 4.69) is 10.1 Å².